The minimum absolute atomic E-state index is 0.143. The lowest BCUT2D eigenvalue weighted by Crippen LogP contribution is -2.05. The Bertz CT molecular complexity index is 491. The molecule has 0 aromatic heterocycles. The molecule has 25 heavy (non-hydrogen) atoms. The molecule has 2 N–H and O–H groups in total. The molecule has 0 aliphatic carbocycles. The van der Waals surface area contributed by atoms with Gasteiger partial charge in [-0.05, 0) is 18.6 Å². The maximum atomic E-state index is 9.51. The molecule has 140 valence electrons. The number of hydrogen-bond donors (Lipinski definition) is 2. The standard InChI is InChI=1S/C22H34O3/c1-3-5-6-7-8-9-10-11-12-13-14-25-22-20(17-23)15-19(4-2)16-21(22)18-24/h2,15-16,23-24H,3,5-14,17-18H2,1H3. The van der Waals surface area contributed by atoms with Gasteiger partial charge in [-0.15, -0.1) is 6.42 Å². The molecule has 0 radical (unpaired) electrons. The van der Waals surface area contributed by atoms with Crippen molar-refractivity contribution in [3.8, 4) is 18.1 Å². The zero-order valence-electron chi connectivity index (χ0n) is 15.7. The number of ether oxygens (including phenoxy) is 1. The topological polar surface area (TPSA) is 49.7 Å². The quantitative estimate of drug-likeness (QED) is 0.370. The van der Waals surface area contributed by atoms with E-state index in [9.17, 15) is 10.2 Å². The minimum Gasteiger partial charge on any atom is -0.493 e. The molecule has 0 unspecified atom stereocenters. The van der Waals surface area contributed by atoms with E-state index in [0.29, 0.717) is 29.0 Å². The van der Waals surface area contributed by atoms with Crippen LogP contribution in [0.15, 0.2) is 12.1 Å². The largest absolute Gasteiger partial charge is 0.493 e. The van der Waals surface area contributed by atoms with Gasteiger partial charge in [-0.2, -0.15) is 0 Å². The van der Waals surface area contributed by atoms with Gasteiger partial charge in [-0.3, -0.25) is 0 Å². The van der Waals surface area contributed by atoms with Crippen molar-refractivity contribution in [2.45, 2.75) is 84.3 Å². The Morgan fingerprint density at radius 2 is 1.32 bits per heavy atom. The second kappa shape index (κ2) is 13.8. The molecule has 0 amide bonds. The van der Waals surface area contributed by atoms with E-state index in [2.05, 4.69) is 12.8 Å². The fourth-order valence-electron chi connectivity index (χ4n) is 3.02. The second-order valence-corrected chi connectivity index (χ2v) is 6.61. The highest BCUT2D eigenvalue weighted by atomic mass is 16.5. The summed E-state index contributed by atoms with van der Waals surface area (Å²) < 4.78 is 5.83. The van der Waals surface area contributed by atoms with E-state index < -0.39 is 0 Å². The summed E-state index contributed by atoms with van der Waals surface area (Å²) in [6.45, 7) is 2.57. The van der Waals surface area contributed by atoms with Gasteiger partial charge < -0.3 is 14.9 Å². The van der Waals surface area contributed by atoms with Crippen LogP contribution in [-0.2, 0) is 13.2 Å². The number of unbranched alkanes of at least 4 members (excludes halogenated alkanes) is 9. The third-order valence-corrected chi connectivity index (χ3v) is 4.49. The SMILES string of the molecule is C#Cc1cc(CO)c(OCCCCCCCCCCCC)c(CO)c1. The number of rotatable bonds is 14. The Morgan fingerprint density at radius 3 is 1.76 bits per heavy atom. The molecule has 1 aromatic carbocycles. The predicted molar refractivity (Wildman–Crippen MR) is 104 cm³/mol. The van der Waals surface area contributed by atoms with Crippen LogP contribution in [0.3, 0.4) is 0 Å². The molecule has 0 saturated carbocycles. The van der Waals surface area contributed by atoms with Crippen LogP contribution in [0.5, 0.6) is 5.75 Å². The predicted octanol–water partition coefficient (Wildman–Crippen LogP) is 4.95. The van der Waals surface area contributed by atoms with Crippen LogP contribution in [0, 0.1) is 12.3 Å². The highest BCUT2D eigenvalue weighted by molar-refractivity contribution is 5.48. The Kier molecular flexibility index (Phi) is 11.9. The number of terminal acetylenes is 1. The summed E-state index contributed by atoms with van der Waals surface area (Å²) in [5, 5.41) is 19.0. The maximum absolute atomic E-state index is 9.51. The van der Waals surface area contributed by atoms with E-state index in [1.54, 1.807) is 12.1 Å². The molecule has 0 saturated heterocycles. The monoisotopic (exact) mass is 346 g/mol. The second-order valence-electron chi connectivity index (χ2n) is 6.61. The van der Waals surface area contributed by atoms with Crippen molar-refractivity contribution in [3.63, 3.8) is 0 Å². The molecule has 3 heteroatoms. The summed E-state index contributed by atoms with van der Waals surface area (Å²) in [4.78, 5) is 0. The average Bonchev–Trinajstić information content (AvgIpc) is 2.65. The molecule has 0 aliphatic heterocycles. The molecular weight excluding hydrogens is 312 g/mol. The van der Waals surface area contributed by atoms with Crippen molar-refractivity contribution < 1.29 is 14.9 Å². The smallest absolute Gasteiger partial charge is 0.130 e. The van der Waals surface area contributed by atoms with Gasteiger partial charge >= 0.3 is 0 Å². The Labute approximate surface area is 153 Å². The zero-order chi connectivity index (χ0) is 18.3. The summed E-state index contributed by atoms with van der Waals surface area (Å²) in [6.07, 6.45) is 18.2. The van der Waals surface area contributed by atoms with Gasteiger partial charge in [0.15, 0.2) is 0 Å². The number of aliphatic hydroxyl groups excluding tert-OH is 2. The summed E-state index contributed by atoms with van der Waals surface area (Å²) in [6, 6.07) is 3.49. The zero-order valence-corrected chi connectivity index (χ0v) is 15.7. The van der Waals surface area contributed by atoms with Crippen LogP contribution in [-0.4, -0.2) is 16.8 Å². The van der Waals surface area contributed by atoms with Gasteiger partial charge in [0.05, 0.1) is 19.8 Å². The van der Waals surface area contributed by atoms with E-state index in [1.165, 1.54) is 51.4 Å². The average molecular weight is 347 g/mol. The Balaban J connectivity index is 2.25. The van der Waals surface area contributed by atoms with Crippen LogP contribution in [0.4, 0.5) is 0 Å². The van der Waals surface area contributed by atoms with Crippen molar-refractivity contribution in [1.29, 1.82) is 0 Å². The third kappa shape index (κ3) is 8.43. The molecule has 0 spiro atoms. The molecule has 1 aromatic rings. The third-order valence-electron chi connectivity index (χ3n) is 4.49. The first-order valence-electron chi connectivity index (χ1n) is 9.73. The maximum Gasteiger partial charge on any atom is 0.130 e. The normalized spacial score (nSPS) is 10.6. The lowest BCUT2D eigenvalue weighted by atomic mass is 10.0. The fourth-order valence-corrected chi connectivity index (χ4v) is 3.02. The van der Waals surface area contributed by atoms with E-state index in [4.69, 9.17) is 11.2 Å². The number of aliphatic hydroxyl groups is 2. The van der Waals surface area contributed by atoms with Gasteiger partial charge in [0.2, 0.25) is 0 Å². The first-order chi connectivity index (χ1) is 12.3. The van der Waals surface area contributed by atoms with Crippen molar-refractivity contribution in [2.24, 2.45) is 0 Å². The molecule has 0 atom stereocenters. The summed E-state index contributed by atoms with van der Waals surface area (Å²) in [5.41, 5.74) is 1.94. The molecule has 0 bridgehead atoms. The van der Waals surface area contributed by atoms with Crippen LogP contribution >= 0.6 is 0 Å². The Morgan fingerprint density at radius 1 is 0.840 bits per heavy atom. The van der Waals surface area contributed by atoms with E-state index in [0.717, 1.165) is 12.8 Å². The summed E-state index contributed by atoms with van der Waals surface area (Å²) >= 11 is 0. The number of benzene rings is 1. The molecule has 0 fully saturated rings. The van der Waals surface area contributed by atoms with Gasteiger partial charge in [-0.25, -0.2) is 0 Å². The van der Waals surface area contributed by atoms with Gasteiger partial charge in [0.1, 0.15) is 5.75 Å². The summed E-state index contributed by atoms with van der Waals surface area (Å²) in [5.74, 6) is 3.12. The molecule has 0 heterocycles. The van der Waals surface area contributed by atoms with Crippen LogP contribution in [0.2, 0.25) is 0 Å². The molecule has 0 aliphatic rings. The van der Waals surface area contributed by atoms with Crippen LogP contribution in [0.25, 0.3) is 0 Å². The van der Waals surface area contributed by atoms with Gasteiger partial charge in [0, 0.05) is 16.7 Å². The lowest BCUT2D eigenvalue weighted by molar-refractivity contribution is 0.243. The van der Waals surface area contributed by atoms with E-state index >= 15 is 0 Å². The van der Waals surface area contributed by atoms with Crippen molar-refractivity contribution in [3.05, 3.63) is 28.8 Å². The highest BCUT2D eigenvalue weighted by Crippen LogP contribution is 2.27. The van der Waals surface area contributed by atoms with Gasteiger partial charge in [0.25, 0.3) is 0 Å². The summed E-state index contributed by atoms with van der Waals surface area (Å²) in [7, 11) is 0. The van der Waals surface area contributed by atoms with E-state index in [1.807, 2.05) is 0 Å². The number of hydrogen-bond acceptors (Lipinski definition) is 3. The lowest BCUT2D eigenvalue weighted by Gasteiger charge is -2.15. The first-order valence-corrected chi connectivity index (χ1v) is 9.73. The molecular formula is C22H34O3. The van der Waals surface area contributed by atoms with E-state index in [-0.39, 0.29) is 13.2 Å². The Hall–Kier alpha value is -1.50. The molecule has 3 nitrogen and oxygen atoms in total. The van der Waals surface area contributed by atoms with Gasteiger partial charge in [-0.1, -0.05) is 70.6 Å². The van der Waals surface area contributed by atoms with Crippen LogP contribution in [0.1, 0.15) is 87.8 Å². The highest BCUT2D eigenvalue weighted by Gasteiger charge is 2.11. The fraction of sp³-hybridized carbons (Fsp3) is 0.636. The van der Waals surface area contributed by atoms with Crippen LogP contribution < -0.4 is 4.74 Å². The van der Waals surface area contributed by atoms with Crippen molar-refractivity contribution in [2.75, 3.05) is 6.61 Å². The minimum atomic E-state index is -0.143. The first kappa shape index (κ1) is 21.5. The van der Waals surface area contributed by atoms with Crippen molar-refractivity contribution in [1.82, 2.24) is 0 Å². The van der Waals surface area contributed by atoms with Crippen molar-refractivity contribution >= 4 is 0 Å². The molecule has 1 rings (SSSR count).